The number of carbonyl (C=O) groups excluding carboxylic acids is 2. The van der Waals surface area contributed by atoms with E-state index < -0.39 is 0 Å². The minimum atomic E-state index is -0.0796. The first kappa shape index (κ1) is 18.0. The van der Waals surface area contributed by atoms with Crippen LogP contribution < -0.4 is 4.74 Å². The van der Waals surface area contributed by atoms with Crippen molar-refractivity contribution in [2.45, 2.75) is 6.92 Å². The average molecular weight is 379 g/mol. The Kier molecular flexibility index (Phi) is 4.73. The lowest BCUT2D eigenvalue weighted by Gasteiger charge is -2.35. The molecule has 28 heavy (non-hydrogen) atoms. The summed E-state index contributed by atoms with van der Waals surface area (Å²) in [5.41, 5.74) is 2.46. The smallest absolute Gasteiger partial charge is 0.257 e. The SMILES string of the molecule is COc1ccccc1C(=O)N1CCN(C(=O)c2ccc3oc(C)nc3c2)CC1. The monoisotopic (exact) mass is 379 g/mol. The zero-order chi connectivity index (χ0) is 19.7. The normalized spacial score (nSPS) is 14.4. The molecule has 0 atom stereocenters. The zero-order valence-electron chi connectivity index (χ0n) is 15.8. The molecule has 144 valence electrons. The second-order valence-corrected chi connectivity index (χ2v) is 6.70. The molecule has 1 fully saturated rings. The molecule has 4 rings (SSSR count). The summed E-state index contributed by atoms with van der Waals surface area (Å²) < 4.78 is 10.7. The minimum absolute atomic E-state index is 0.0630. The van der Waals surface area contributed by atoms with Gasteiger partial charge in [-0.1, -0.05) is 12.1 Å². The highest BCUT2D eigenvalue weighted by atomic mass is 16.5. The standard InChI is InChI=1S/C21H21N3O4/c1-14-22-17-13-15(7-8-19(17)28-14)20(25)23-9-11-24(12-10-23)21(26)16-5-3-4-6-18(16)27-2/h3-8,13H,9-12H2,1-2H3. The van der Waals surface area contributed by atoms with E-state index in [1.54, 1.807) is 54.2 Å². The molecule has 1 aliphatic heterocycles. The van der Waals surface area contributed by atoms with Gasteiger partial charge >= 0.3 is 0 Å². The van der Waals surface area contributed by atoms with Crippen molar-refractivity contribution in [1.29, 1.82) is 0 Å². The van der Waals surface area contributed by atoms with Crippen molar-refractivity contribution in [2.24, 2.45) is 0 Å². The number of amides is 2. The lowest BCUT2D eigenvalue weighted by molar-refractivity contribution is 0.0533. The molecule has 2 heterocycles. The van der Waals surface area contributed by atoms with Crippen LogP contribution in [0.3, 0.4) is 0 Å². The molecular formula is C21H21N3O4. The first-order valence-electron chi connectivity index (χ1n) is 9.15. The first-order valence-corrected chi connectivity index (χ1v) is 9.15. The summed E-state index contributed by atoms with van der Waals surface area (Å²) in [5.74, 6) is 0.987. The van der Waals surface area contributed by atoms with E-state index in [-0.39, 0.29) is 11.8 Å². The number of piperazine rings is 1. The van der Waals surface area contributed by atoms with Gasteiger partial charge in [0.25, 0.3) is 11.8 Å². The molecule has 0 radical (unpaired) electrons. The number of benzene rings is 2. The van der Waals surface area contributed by atoms with Crippen LogP contribution in [0.5, 0.6) is 5.75 Å². The number of para-hydroxylation sites is 1. The maximum Gasteiger partial charge on any atom is 0.257 e. The predicted octanol–water partition coefficient (Wildman–Crippen LogP) is 2.74. The van der Waals surface area contributed by atoms with E-state index >= 15 is 0 Å². The van der Waals surface area contributed by atoms with Gasteiger partial charge in [0.1, 0.15) is 11.3 Å². The van der Waals surface area contributed by atoms with Crippen molar-refractivity contribution in [3.8, 4) is 5.75 Å². The Hall–Kier alpha value is -3.35. The molecule has 3 aromatic rings. The predicted molar refractivity (Wildman–Crippen MR) is 104 cm³/mol. The molecule has 0 aliphatic carbocycles. The molecule has 1 saturated heterocycles. The number of aryl methyl sites for hydroxylation is 1. The van der Waals surface area contributed by atoms with Crippen LogP contribution in [-0.4, -0.2) is 59.9 Å². The zero-order valence-corrected chi connectivity index (χ0v) is 15.8. The van der Waals surface area contributed by atoms with Crippen LogP contribution in [-0.2, 0) is 0 Å². The molecular weight excluding hydrogens is 358 g/mol. The van der Waals surface area contributed by atoms with Crippen molar-refractivity contribution in [1.82, 2.24) is 14.8 Å². The molecule has 7 nitrogen and oxygen atoms in total. The number of carbonyl (C=O) groups is 2. The number of aromatic nitrogens is 1. The molecule has 0 unspecified atom stereocenters. The number of hydrogen-bond acceptors (Lipinski definition) is 5. The van der Waals surface area contributed by atoms with Crippen LogP contribution in [0.25, 0.3) is 11.1 Å². The van der Waals surface area contributed by atoms with Gasteiger partial charge in [0, 0.05) is 38.7 Å². The van der Waals surface area contributed by atoms with Crippen LogP contribution in [0.1, 0.15) is 26.6 Å². The topological polar surface area (TPSA) is 75.9 Å². The summed E-state index contributed by atoms with van der Waals surface area (Å²) in [6.07, 6.45) is 0. The number of ether oxygens (including phenoxy) is 1. The fourth-order valence-corrected chi connectivity index (χ4v) is 3.46. The number of fused-ring (bicyclic) bond motifs is 1. The average Bonchev–Trinajstić information content (AvgIpc) is 3.12. The molecule has 0 spiro atoms. The number of hydrogen-bond donors (Lipinski definition) is 0. The maximum atomic E-state index is 12.8. The third-order valence-electron chi connectivity index (χ3n) is 4.93. The lowest BCUT2D eigenvalue weighted by Crippen LogP contribution is -2.50. The van der Waals surface area contributed by atoms with Gasteiger partial charge in [0.05, 0.1) is 12.7 Å². The Morgan fingerprint density at radius 3 is 2.39 bits per heavy atom. The fraction of sp³-hybridized carbons (Fsp3) is 0.286. The first-order chi connectivity index (χ1) is 13.6. The Bertz CT molecular complexity index is 1040. The molecule has 0 bridgehead atoms. The minimum Gasteiger partial charge on any atom is -0.496 e. The summed E-state index contributed by atoms with van der Waals surface area (Å²) >= 11 is 0. The van der Waals surface area contributed by atoms with E-state index in [0.29, 0.717) is 60.0 Å². The third kappa shape index (κ3) is 3.31. The lowest BCUT2D eigenvalue weighted by atomic mass is 10.1. The van der Waals surface area contributed by atoms with E-state index in [0.717, 1.165) is 0 Å². The Labute approximate surface area is 162 Å². The highest BCUT2D eigenvalue weighted by molar-refractivity contribution is 5.98. The molecule has 2 aromatic carbocycles. The van der Waals surface area contributed by atoms with Crippen molar-refractivity contribution in [2.75, 3.05) is 33.3 Å². The Morgan fingerprint density at radius 2 is 1.68 bits per heavy atom. The van der Waals surface area contributed by atoms with E-state index in [9.17, 15) is 9.59 Å². The number of rotatable bonds is 3. The molecule has 7 heteroatoms. The van der Waals surface area contributed by atoms with Gasteiger partial charge in [0.2, 0.25) is 0 Å². The van der Waals surface area contributed by atoms with E-state index in [1.165, 1.54) is 0 Å². The maximum absolute atomic E-state index is 12.8. The Balaban J connectivity index is 1.44. The van der Waals surface area contributed by atoms with Gasteiger partial charge < -0.3 is 19.0 Å². The van der Waals surface area contributed by atoms with Gasteiger partial charge in [-0.25, -0.2) is 4.98 Å². The number of oxazole rings is 1. The number of methoxy groups -OCH3 is 1. The van der Waals surface area contributed by atoms with Crippen molar-refractivity contribution in [3.05, 3.63) is 59.5 Å². The molecule has 2 amide bonds. The summed E-state index contributed by atoms with van der Waals surface area (Å²) in [6.45, 7) is 3.70. The van der Waals surface area contributed by atoms with Gasteiger partial charge in [-0.3, -0.25) is 9.59 Å². The van der Waals surface area contributed by atoms with Crippen LogP contribution in [0.2, 0.25) is 0 Å². The van der Waals surface area contributed by atoms with Crippen LogP contribution in [0.4, 0.5) is 0 Å². The molecule has 0 saturated carbocycles. The summed E-state index contributed by atoms with van der Waals surface area (Å²) in [6, 6.07) is 12.4. The molecule has 0 N–H and O–H groups in total. The van der Waals surface area contributed by atoms with Crippen molar-refractivity contribution in [3.63, 3.8) is 0 Å². The highest BCUT2D eigenvalue weighted by Gasteiger charge is 2.27. The third-order valence-corrected chi connectivity index (χ3v) is 4.93. The van der Waals surface area contributed by atoms with Gasteiger partial charge in [-0.05, 0) is 30.3 Å². The summed E-state index contributed by atoms with van der Waals surface area (Å²) in [5, 5.41) is 0. The van der Waals surface area contributed by atoms with Crippen LogP contribution >= 0.6 is 0 Å². The van der Waals surface area contributed by atoms with E-state index in [2.05, 4.69) is 4.98 Å². The number of nitrogens with zero attached hydrogens (tertiary/aromatic N) is 3. The van der Waals surface area contributed by atoms with Crippen molar-refractivity contribution < 1.29 is 18.7 Å². The summed E-state index contributed by atoms with van der Waals surface area (Å²) in [4.78, 5) is 33.4. The van der Waals surface area contributed by atoms with Crippen LogP contribution in [0.15, 0.2) is 46.9 Å². The van der Waals surface area contributed by atoms with Crippen molar-refractivity contribution >= 4 is 22.9 Å². The van der Waals surface area contributed by atoms with E-state index in [1.807, 2.05) is 12.1 Å². The van der Waals surface area contributed by atoms with E-state index in [4.69, 9.17) is 9.15 Å². The fourth-order valence-electron chi connectivity index (χ4n) is 3.46. The highest BCUT2D eigenvalue weighted by Crippen LogP contribution is 2.21. The largest absolute Gasteiger partial charge is 0.496 e. The quantitative estimate of drug-likeness (QED) is 0.699. The summed E-state index contributed by atoms with van der Waals surface area (Å²) in [7, 11) is 1.55. The van der Waals surface area contributed by atoms with Crippen LogP contribution in [0, 0.1) is 6.92 Å². The molecule has 1 aliphatic rings. The molecule has 1 aromatic heterocycles. The second kappa shape index (κ2) is 7.34. The second-order valence-electron chi connectivity index (χ2n) is 6.70. The Morgan fingerprint density at radius 1 is 1.00 bits per heavy atom. The van der Waals surface area contributed by atoms with Gasteiger partial charge in [-0.2, -0.15) is 0 Å². The van der Waals surface area contributed by atoms with Gasteiger partial charge in [-0.15, -0.1) is 0 Å². The van der Waals surface area contributed by atoms with Gasteiger partial charge in [0.15, 0.2) is 11.5 Å².